The van der Waals surface area contributed by atoms with E-state index in [4.69, 9.17) is 27.9 Å². The van der Waals surface area contributed by atoms with Gasteiger partial charge in [-0.15, -0.1) is 11.3 Å². The highest BCUT2D eigenvalue weighted by molar-refractivity contribution is 7.12. The molecule has 1 N–H and O–H groups in total. The van der Waals surface area contributed by atoms with Gasteiger partial charge in [-0.2, -0.15) is 0 Å². The van der Waals surface area contributed by atoms with E-state index in [1.54, 1.807) is 36.4 Å². The summed E-state index contributed by atoms with van der Waals surface area (Å²) in [6, 6.07) is 16.1. The summed E-state index contributed by atoms with van der Waals surface area (Å²) in [4.78, 5) is 12.9. The van der Waals surface area contributed by atoms with Crippen molar-refractivity contribution in [3.8, 4) is 5.75 Å². The van der Waals surface area contributed by atoms with Gasteiger partial charge >= 0.3 is 0 Å². The van der Waals surface area contributed by atoms with E-state index in [-0.39, 0.29) is 5.91 Å². The zero-order valence-electron chi connectivity index (χ0n) is 12.5. The van der Waals surface area contributed by atoms with Crippen molar-refractivity contribution in [2.75, 3.05) is 5.32 Å². The molecule has 1 aromatic heterocycles. The average molecular weight is 378 g/mol. The molecule has 122 valence electrons. The second kappa shape index (κ2) is 7.71. The minimum Gasteiger partial charge on any atom is -0.487 e. The van der Waals surface area contributed by atoms with Crippen molar-refractivity contribution in [2.45, 2.75) is 6.61 Å². The number of carbonyl (C=O) groups excluding carboxylic acids is 1. The predicted molar refractivity (Wildman–Crippen MR) is 99.5 cm³/mol. The maximum absolute atomic E-state index is 12.3. The molecule has 2 aromatic carbocycles. The van der Waals surface area contributed by atoms with E-state index in [0.717, 1.165) is 5.56 Å². The van der Waals surface area contributed by atoms with Crippen molar-refractivity contribution in [2.24, 2.45) is 0 Å². The number of rotatable bonds is 5. The molecule has 0 aliphatic heterocycles. The summed E-state index contributed by atoms with van der Waals surface area (Å²) in [6.07, 6.45) is 0. The van der Waals surface area contributed by atoms with Crippen molar-refractivity contribution >= 4 is 46.1 Å². The number of anilines is 1. The maximum Gasteiger partial charge on any atom is 0.265 e. The minimum atomic E-state index is -0.175. The van der Waals surface area contributed by atoms with Crippen LogP contribution in [0, 0.1) is 0 Å². The number of carbonyl (C=O) groups is 1. The van der Waals surface area contributed by atoms with Gasteiger partial charge in [0.05, 0.1) is 9.90 Å². The molecular formula is C18H13Cl2NO2S. The first-order valence-corrected chi connectivity index (χ1v) is 8.77. The Balaban J connectivity index is 1.62. The average Bonchev–Trinajstić information content (AvgIpc) is 3.03. The molecule has 0 atom stereocenters. The molecular weight excluding hydrogens is 365 g/mol. The van der Waals surface area contributed by atoms with Crippen LogP contribution < -0.4 is 10.1 Å². The lowest BCUT2D eigenvalue weighted by Gasteiger charge is -2.06. The molecule has 0 bridgehead atoms. The van der Waals surface area contributed by atoms with Crippen molar-refractivity contribution in [1.82, 2.24) is 0 Å². The molecule has 6 heteroatoms. The van der Waals surface area contributed by atoms with Crippen LogP contribution in [0.2, 0.25) is 10.0 Å². The number of nitrogens with one attached hydrogen (secondary N) is 1. The normalized spacial score (nSPS) is 10.4. The Morgan fingerprint density at radius 3 is 2.71 bits per heavy atom. The summed E-state index contributed by atoms with van der Waals surface area (Å²) in [6.45, 7) is 0.352. The highest BCUT2D eigenvalue weighted by atomic mass is 35.5. The fourth-order valence-corrected chi connectivity index (χ4v) is 3.22. The first-order valence-electron chi connectivity index (χ1n) is 7.13. The van der Waals surface area contributed by atoms with Gasteiger partial charge in [0.15, 0.2) is 0 Å². The van der Waals surface area contributed by atoms with Gasteiger partial charge in [0.2, 0.25) is 0 Å². The second-order valence-electron chi connectivity index (χ2n) is 5.00. The van der Waals surface area contributed by atoms with Gasteiger partial charge in [0.25, 0.3) is 5.91 Å². The fourth-order valence-electron chi connectivity index (χ4n) is 2.05. The van der Waals surface area contributed by atoms with Crippen LogP contribution in [0.3, 0.4) is 0 Å². The van der Waals surface area contributed by atoms with Crippen molar-refractivity contribution in [3.63, 3.8) is 0 Å². The van der Waals surface area contributed by atoms with Gasteiger partial charge < -0.3 is 10.1 Å². The lowest BCUT2D eigenvalue weighted by Crippen LogP contribution is -2.10. The van der Waals surface area contributed by atoms with Crippen molar-refractivity contribution in [1.29, 1.82) is 0 Å². The highest BCUT2D eigenvalue weighted by Crippen LogP contribution is 2.25. The summed E-state index contributed by atoms with van der Waals surface area (Å²) >= 11 is 13.3. The van der Waals surface area contributed by atoms with E-state index in [2.05, 4.69) is 5.32 Å². The summed E-state index contributed by atoms with van der Waals surface area (Å²) in [5, 5.41) is 5.85. The second-order valence-corrected chi connectivity index (χ2v) is 6.76. The number of ether oxygens (including phenoxy) is 1. The number of hydrogen-bond donors (Lipinski definition) is 1. The Hall–Kier alpha value is -2.01. The number of halogens is 2. The number of thiophene rings is 1. The van der Waals surface area contributed by atoms with Crippen LogP contribution in [-0.2, 0) is 6.61 Å². The maximum atomic E-state index is 12.3. The lowest BCUT2D eigenvalue weighted by atomic mass is 10.3. The van der Waals surface area contributed by atoms with E-state index in [1.165, 1.54) is 11.3 Å². The number of amides is 1. The monoisotopic (exact) mass is 377 g/mol. The molecule has 0 unspecified atom stereocenters. The third kappa shape index (κ3) is 4.29. The summed E-state index contributed by atoms with van der Waals surface area (Å²) in [5.74, 6) is 0.446. The van der Waals surface area contributed by atoms with Crippen LogP contribution in [0.1, 0.15) is 15.2 Å². The third-order valence-corrected chi connectivity index (χ3v) is 4.72. The smallest absolute Gasteiger partial charge is 0.265 e. The van der Waals surface area contributed by atoms with Crippen molar-refractivity contribution < 1.29 is 9.53 Å². The van der Waals surface area contributed by atoms with Gasteiger partial charge in [-0.3, -0.25) is 4.79 Å². The number of hydrogen-bond acceptors (Lipinski definition) is 3. The molecule has 0 aliphatic rings. The SMILES string of the molecule is O=C(Nc1cccc(Cl)c1)c1cc(COc2ccccc2Cl)cs1. The lowest BCUT2D eigenvalue weighted by molar-refractivity contribution is 0.103. The molecule has 24 heavy (non-hydrogen) atoms. The van der Waals surface area contributed by atoms with E-state index < -0.39 is 0 Å². The van der Waals surface area contributed by atoms with Gasteiger partial charge in [0.1, 0.15) is 12.4 Å². The zero-order chi connectivity index (χ0) is 16.9. The highest BCUT2D eigenvalue weighted by Gasteiger charge is 2.10. The molecule has 0 fully saturated rings. The number of para-hydroxylation sites is 1. The quantitative estimate of drug-likeness (QED) is 0.602. The Bertz CT molecular complexity index is 863. The zero-order valence-corrected chi connectivity index (χ0v) is 14.8. The minimum absolute atomic E-state index is 0.175. The molecule has 0 saturated carbocycles. The molecule has 0 spiro atoms. The topological polar surface area (TPSA) is 38.3 Å². The van der Waals surface area contributed by atoms with Gasteiger partial charge in [-0.05, 0) is 41.8 Å². The molecule has 1 heterocycles. The molecule has 3 nitrogen and oxygen atoms in total. The van der Waals surface area contributed by atoms with Crippen LogP contribution in [0.15, 0.2) is 60.0 Å². The van der Waals surface area contributed by atoms with E-state index in [1.807, 2.05) is 23.6 Å². The first kappa shape index (κ1) is 16.8. The van der Waals surface area contributed by atoms with E-state index in [9.17, 15) is 4.79 Å². The number of benzene rings is 2. The third-order valence-electron chi connectivity index (χ3n) is 3.19. The van der Waals surface area contributed by atoms with Crippen LogP contribution in [0.5, 0.6) is 5.75 Å². The largest absolute Gasteiger partial charge is 0.487 e. The summed E-state index contributed by atoms with van der Waals surface area (Å²) in [5.41, 5.74) is 1.57. The molecule has 1 amide bonds. The van der Waals surface area contributed by atoms with E-state index in [0.29, 0.717) is 33.0 Å². The van der Waals surface area contributed by atoms with Crippen LogP contribution >= 0.6 is 34.5 Å². The van der Waals surface area contributed by atoms with Gasteiger partial charge in [-0.25, -0.2) is 0 Å². The van der Waals surface area contributed by atoms with Gasteiger partial charge in [0, 0.05) is 16.3 Å². The molecule has 3 aromatic rings. The molecule has 0 aliphatic carbocycles. The standard InChI is InChI=1S/C18H13Cl2NO2S/c19-13-4-3-5-14(9-13)21-18(22)17-8-12(11-24-17)10-23-16-7-2-1-6-15(16)20/h1-9,11H,10H2,(H,21,22). The predicted octanol–water partition coefficient (Wildman–Crippen LogP) is 5.89. The first-order chi connectivity index (χ1) is 11.6. The Labute approximate surface area is 153 Å². The Morgan fingerprint density at radius 1 is 1.08 bits per heavy atom. The van der Waals surface area contributed by atoms with Crippen LogP contribution in [0.4, 0.5) is 5.69 Å². The van der Waals surface area contributed by atoms with E-state index >= 15 is 0 Å². The summed E-state index contributed by atoms with van der Waals surface area (Å²) in [7, 11) is 0. The van der Waals surface area contributed by atoms with Crippen LogP contribution in [-0.4, -0.2) is 5.91 Å². The van der Waals surface area contributed by atoms with Crippen LogP contribution in [0.25, 0.3) is 0 Å². The Morgan fingerprint density at radius 2 is 1.92 bits per heavy atom. The molecule has 0 radical (unpaired) electrons. The fraction of sp³-hybridized carbons (Fsp3) is 0.0556. The molecule has 3 rings (SSSR count). The van der Waals surface area contributed by atoms with Gasteiger partial charge in [-0.1, -0.05) is 41.4 Å². The molecule has 0 saturated heterocycles. The van der Waals surface area contributed by atoms with Crippen molar-refractivity contribution in [3.05, 3.63) is 80.5 Å². The summed E-state index contributed by atoms with van der Waals surface area (Å²) < 4.78 is 5.68. The Kier molecular flexibility index (Phi) is 5.41.